The van der Waals surface area contributed by atoms with E-state index in [0.29, 0.717) is 18.5 Å². The molecule has 25 heavy (non-hydrogen) atoms. The van der Waals surface area contributed by atoms with Crippen LogP contribution in [0.4, 0.5) is 0 Å². The third kappa shape index (κ3) is 5.69. The number of nitrogens with one attached hydrogen (secondary N) is 1. The maximum absolute atomic E-state index is 6.04. The molecule has 6 nitrogen and oxygen atoms in total. The standard InChI is InChI=1S/C18H26N6.HI/c1-14-20-10-11-24(14)17-9-8-15(12-21-17)13-22-18(19)23-16-6-4-2-3-5-7-16;/h8-12,16H,2-7,13H2,1H3,(H3,19,22,23);1H. The van der Waals surface area contributed by atoms with Crippen molar-refractivity contribution in [3.05, 3.63) is 42.1 Å². The number of aliphatic imine (C=N–C) groups is 1. The van der Waals surface area contributed by atoms with Crippen molar-refractivity contribution in [2.75, 3.05) is 0 Å². The van der Waals surface area contributed by atoms with Crippen LogP contribution in [0.15, 0.2) is 35.7 Å². The molecule has 1 aliphatic rings. The molecule has 0 spiro atoms. The molecule has 3 N–H and O–H groups in total. The van der Waals surface area contributed by atoms with Crippen molar-refractivity contribution >= 4 is 29.9 Å². The van der Waals surface area contributed by atoms with Crippen LogP contribution in [0.25, 0.3) is 5.82 Å². The predicted octanol–water partition coefficient (Wildman–Crippen LogP) is 3.32. The van der Waals surface area contributed by atoms with Crippen molar-refractivity contribution in [3.8, 4) is 5.82 Å². The number of guanidine groups is 1. The van der Waals surface area contributed by atoms with Crippen molar-refractivity contribution in [1.29, 1.82) is 0 Å². The molecular weight excluding hydrogens is 427 g/mol. The van der Waals surface area contributed by atoms with Gasteiger partial charge in [-0.15, -0.1) is 24.0 Å². The first-order chi connectivity index (χ1) is 11.7. The minimum absolute atomic E-state index is 0. The van der Waals surface area contributed by atoms with Gasteiger partial charge in [0.25, 0.3) is 0 Å². The summed E-state index contributed by atoms with van der Waals surface area (Å²) in [5.41, 5.74) is 7.08. The summed E-state index contributed by atoms with van der Waals surface area (Å²) >= 11 is 0. The summed E-state index contributed by atoms with van der Waals surface area (Å²) in [6.45, 7) is 2.50. The lowest BCUT2D eigenvalue weighted by atomic mass is 10.1. The zero-order valence-electron chi connectivity index (χ0n) is 14.7. The second-order valence-electron chi connectivity index (χ2n) is 6.40. The van der Waals surface area contributed by atoms with E-state index in [1.54, 1.807) is 6.20 Å². The molecule has 0 aliphatic heterocycles. The summed E-state index contributed by atoms with van der Waals surface area (Å²) in [5.74, 6) is 2.32. The molecule has 2 aromatic rings. The van der Waals surface area contributed by atoms with E-state index in [9.17, 15) is 0 Å². The Balaban J connectivity index is 0.00000225. The van der Waals surface area contributed by atoms with Crippen molar-refractivity contribution in [2.24, 2.45) is 10.7 Å². The van der Waals surface area contributed by atoms with Gasteiger partial charge in [-0.3, -0.25) is 4.57 Å². The number of halogens is 1. The van der Waals surface area contributed by atoms with Crippen molar-refractivity contribution in [1.82, 2.24) is 19.9 Å². The number of aromatic nitrogens is 3. The van der Waals surface area contributed by atoms with Crippen LogP contribution in [0.3, 0.4) is 0 Å². The highest BCUT2D eigenvalue weighted by molar-refractivity contribution is 14.0. The third-order valence-corrected chi connectivity index (χ3v) is 4.52. The van der Waals surface area contributed by atoms with E-state index in [2.05, 4.69) is 20.3 Å². The molecule has 1 aliphatic carbocycles. The van der Waals surface area contributed by atoms with Gasteiger partial charge in [-0.25, -0.2) is 15.0 Å². The van der Waals surface area contributed by atoms with Crippen LogP contribution in [-0.2, 0) is 6.54 Å². The Labute approximate surface area is 166 Å². The Morgan fingerprint density at radius 3 is 2.60 bits per heavy atom. The molecule has 0 aromatic carbocycles. The molecular formula is C18H27IN6. The van der Waals surface area contributed by atoms with Gasteiger partial charge in [-0.05, 0) is 31.4 Å². The van der Waals surface area contributed by atoms with Crippen LogP contribution >= 0.6 is 24.0 Å². The van der Waals surface area contributed by atoms with Gasteiger partial charge in [0.2, 0.25) is 0 Å². The van der Waals surface area contributed by atoms with Crippen molar-refractivity contribution in [2.45, 2.75) is 58.0 Å². The molecule has 0 saturated heterocycles. The van der Waals surface area contributed by atoms with Gasteiger partial charge >= 0.3 is 0 Å². The molecule has 0 radical (unpaired) electrons. The summed E-state index contributed by atoms with van der Waals surface area (Å²) < 4.78 is 1.95. The second-order valence-corrected chi connectivity index (χ2v) is 6.40. The number of rotatable bonds is 4. The summed E-state index contributed by atoms with van der Waals surface area (Å²) in [6, 6.07) is 4.49. The number of hydrogen-bond acceptors (Lipinski definition) is 3. The molecule has 0 bridgehead atoms. The molecule has 0 unspecified atom stereocenters. The third-order valence-electron chi connectivity index (χ3n) is 4.52. The van der Waals surface area contributed by atoms with Crippen molar-refractivity contribution in [3.63, 3.8) is 0 Å². The van der Waals surface area contributed by atoms with E-state index in [1.165, 1.54) is 38.5 Å². The maximum Gasteiger partial charge on any atom is 0.189 e. The van der Waals surface area contributed by atoms with Crippen LogP contribution in [-0.4, -0.2) is 26.5 Å². The minimum atomic E-state index is 0. The molecule has 2 aromatic heterocycles. The number of aryl methyl sites for hydroxylation is 1. The quantitative estimate of drug-likeness (QED) is 0.322. The largest absolute Gasteiger partial charge is 0.370 e. The average molecular weight is 454 g/mol. The van der Waals surface area contributed by atoms with Crippen LogP contribution in [0, 0.1) is 6.92 Å². The van der Waals surface area contributed by atoms with Crippen LogP contribution in [0.5, 0.6) is 0 Å². The van der Waals surface area contributed by atoms with Gasteiger partial charge in [-0.1, -0.05) is 31.7 Å². The average Bonchev–Trinajstić information content (AvgIpc) is 2.86. The van der Waals surface area contributed by atoms with E-state index in [1.807, 2.05) is 36.0 Å². The normalized spacial score (nSPS) is 16.1. The Morgan fingerprint density at radius 1 is 1.24 bits per heavy atom. The second kappa shape index (κ2) is 9.74. The van der Waals surface area contributed by atoms with Gasteiger partial charge < -0.3 is 11.1 Å². The maximum atomic E-state index is 6.04. The Bertz CT molecular complexity index is 671. The van der Waals surface area contributed by atoms with E-state index in [0.717, 1.165) is 17.2 Å². The summed E-state index contributed by atoms with van der Waals surface area (Å²) in [5, 5.41) is 3.37. The number of hydrogen-bond donors (Lipinski definition) is 2. The highest BCUT2D eigenvalue weighted by Crippen LogP contribution is 2.17. The van der Waals surface area contributed by atoms with Gasteiger partial charge in [0, 0.05) is 24.6 Å². The molecule has 3 rings (SSSR count). The summed E-state index contributed by atoms with van der Waals surface area (Å²) in [4.78, 5) is 13.1. The van der Waals surface area contributed by atoms with Crippen LogP contribution < -0.4 is 11.1 Å². The summed E-state index contributed by atoms with van der Waals surface area (Å²) in [6.07, 6.45) is 13.1. The van der Waals surface area contributed by atoms with Crippen LogP contribution in [0.1, 0.15) is 49.9 Å². The fourth-order valence-corrected chi connectivity index (χ4v) is 3.13. The number of imidazole rings is 1. The van der Waals surface area contributed by atoms with Gasteiger partial charge in [0.15, 0.2) is 5.96 Å². The highest BCUT2D eigenvalue weighted by Gasteiger charge is 2.12. The SMILES string of the molecule is Cc1nccn1-c1ccc(CN=C(N)NC2CCCCCC2)cn1.I. The zero-order chi connectivity index (χ0) is 16.8. The molecule has 1 fully saturated rings. The number of pyridine rings is 1. The Morgan fingerprint density at radius 2 is 2.00 bits per heavy atom. The van der Waals surface area contributed by atoms with E-state index in [-0.39, 0.29) is 24.0 Å². The first kappa shape index (κ1) is 19.7. The highest BCUT2D eigenvalue weighted by atomic mass is 127. The van der Waals surface area contributed by atoms with E-state index in [4.69, 9.17) is 5.73 Å². The Kier molecular flexibility index (Phi) is 7.67. The Hall–Kier alpha value is -1.64. The fraction of sp³-hybridized carbons (Fsp3) is 0.500. The fourth-order valence-electron chi connectivity index (χ4n) is 3.13. The lowest BCUT2D eigenvalue weighted by Crippen LogP contribution is -2.39. The predicted molar refractivity (Wildman–Crippen MR) is 111 cm³/mol. The molecule has 0 atom stereocenters. The number of nitrogens with two attached hydrogens (primary N) is 1. The molecule has 136 valence electrons. The lowest BCUT2D eigenvalue weighted by Gasteiger charge is -2.16. The number of nitrogens with zero attached hydrogens (tertiary/aromatic N) is 4. The zero-order valence-corrected chi connectivity index (χ0v) is 17.0. The smallest absolute Gasteiger partial charge is 0.189 e. The monoisotopic (exact) mass is 454 g/mol. The molecule has 0 amide bonds. The summed E-state index contributed by atoms with van der Waals surface area (Å²) in [7, 11) is 0. The lowest BCUT2D eigenvalue weighted by molar-refractivity contribution is 0.530. The first-order valence-corrected chi connectivity index (χ1v) is 8.74. The minimum Gasteiger partial charge on any atom is -0.370 e. The van der Waals surface area contributed by atoms with Gasteiger partial charge in [0.05, 0.1) is 6.54 Å². The van der Waals surface area contributed by atoms with E-state index >= 15 is 0 Å². The van der Waals surface area contributed by atoms with Crippen molar-refractivity contribution < 1.29 is 0 Å². The topological polar surface area (TPSA) is 81.1 Å². The molecule has 2 heterocycles. The molecule has 1 saturated carbocycles. The van der Waals surface area contributed by atoms with E-state index < -0.39 is 0 Å². The first-order valence-electron chi connectivity index (χ1n) is 8.74. The molecule has 7 heteroatoms. The van der Waals surface area contributed by atoms with Crippen LogP contribution in [0.2, 0.25) is 0 Å². The van der Waals surface area contributed by atoms with Gasteiger partial charge in [-0.2, -0.15) is 0 Å². The van der Waals surface area contributed by atoms with Gasteiger partial charge in [0.1, 0.15) is 11.6 Å².